The predicted octanol–water partition coefficient (Wildman–Crippen LogP) is 9.63. The van der Waals surface area contributed by atoms with E-state index < -0.39 is 0 Å². The fourth-order valence-electron chi connectivity index (χ4n) is 5.26. The van der Waals surface area contributed by atoms with Crippen molar-refractivity contribution in [1.82, 2.24) is 0 Å². The first-order valence-corrected chi connectivity index (χ1v) is 11.8. The number of benzene rings is 7. The molecule has 0 heteroatoms. The van der Waals surface area contributed by atoms with Gasteiger partial charge in [0.15, 0.2) is 0 Å². The molecule has 0 saturated heterocycles. The third-order valence-electron chi connectivity index (χ3n) is 7.02. The predicted molar refractivity (Wildman–Crippen MR) is 147 cm³/mol. The average molecular weight is 431 g/mol. The Morgan fingerprint density at radius 3 is 1.18 bits per heavy atom. The van der Waals surface area contributed by atoms with E-state index in [2.05, 4.69) is 133 Å². The molecule has 7 rings (SSSR count). The second kappa shape index (κ2) is 7.57. The Labute approximate surface area is 198 Å². The van der Waals surface area contributed by atoms with E-state index in [9.17, 15) is 0 Å². The molecule has 0 bridgehead atoms. The summed E-state index contributed by atoms with van der Waals surface area (Å²) in [6, 6.07) is 48.7. The first kappa shape index (κ1) is 19.1. The van der Waals surface area contributed by atoms with Crippen LogP contribution in [0.15, 0.2) is 133 Å². The number of fused-ring (bicyclic) bond motifs is 6. The minimum Gasteiger partial charge on any atom is -0.0616 e. The third kappa shape index (κ3) is 3.08. The van der Waals surface area contributed by atoms with Crippen molar-refractivity contribution in [2.75, 3.05) is 0 Å². The lowest BCUT2D eigenvalue weighted by Gasteiger charge is -2.10. The normalized spacial score (nSPS) is 11.5. The summed E-state index contributed by atoms with van der Waals surface area (Å²) in [6.45, 7) is 0. The van der Waals surface area contributed by atoms with Crippen LogP contribution in [0.25, 0.3) is 65.3 Å². The van der Waals surface area contributed by atoms with Crippen LogP contribution >= 0.6 is 0 Å². The molecule has 0 nitrogen and oxygen atoms in total. The Morgan fingerprint density at radius 1 is 0.235 bits per heavy atom. The Kier molecular flexibility index (Phi) is 4.25. The quantitative estimate of drug-likeness (QED) is 0.239. The van der Waals surface area contributed by atoms with E-state index in [1.54, 1.807) is 0 Å². The fourth-order valence-corrected chi connectivity index (χ4v) is 5.26. The van der Waals surface area contributed by atoms with Gasteiger partial charge < -0.3 is 0 Å². The molecule has 34 heavy (non-hydrogen) atoms. The molecule has 0 aliphatic rings. The third-order valence-corrected chi connectivity index (χ3v) is 7.02. The zero-order valence-corrected chi connectivity index (χ0v) is 18.7. The van der Waals surface area contributed by atoms with E-state index in [1.807, 2.05) is 0 Å². The van der Waals surface area contributed by atoms with Gasteiger partial charge in [-0.1, -0.05) is 115 Å². The van der Waals surface area contributed by atoms with Crippen LogP contribution in [0.3, 0.4) is 0 Å². The molecule has 0 aromatic heterocycles. The molecule has 158 valence electrons. The summed E-state index contributed by atoms with van der Waals surface area (Å²) in [5.41, 5.74) is 4.98. The summed E-state index contributed by atoms with van der Waals surface area (Å²) in [5.74, 6) is 0. The lowest BCUT2D eigenvalue weighted by atomic mass is 9.94. The molecule has 0 unspecified atom stereocenters. The largest absolute Gasteiger partial charge is 0.0616 e. The van der Waals surface area contributed by atoms with Crippen LogP contribution in [-0.4, -0.2) is 0 Å². The molecule has 0 radical (unpaired) electrons. The molecule has 0 atom stereocenters. The summed E-state index contributed by atoms with van der Waals surface area (Å²) in [6.07, 6.45) is 0. The summed E-state index contributed by atoms with van der Waals surface area (Å²) in [4.78, 5) is 0. The first-order chi connectivity index (χ1) is 16.8. The molecule has 0 amide bonds. The first-order valence-electron chi connectivity index (χ1n) is 11.8. The Bertz CT molecular complexity index is 1720. The molecule has 0 aliphatic heterocycles. The highest BCUT2D eigenvalue weighted by molar-refractivity contribution is 6.09. The number of hydrogen-bond acceptors (Lipinski definition) is 0. The minimum atomic E-state index is 1.24. The summed E-state index contributed by atoms with van der Waals surface area (Å²) >= 11 is 0. The van der Waals surface area contributed by atoms with Gasteiger partial charge in [0.2, 0.25) is 0 Å². The minimum absolute atomic E-state index is 1.24. The maximum Gasteiger partial charge on any atom is -0.0105 e. The van der Waals surface area contributed by atoms with E-state index in [0.29, 0.717) is 0 Å². The summed E-state index contributed by atoms with van der Waals surface area (Å²) < 4.78 is 0. The van der Waals surface area contributed by atoms with Gasteiger partial charge in [-0.2, -0.15) is 0 Å². The van der Waals surface area contributed by atoms with Crippen molar-refractivity contribution in [3.05, 3.63) is 133 Å². The SMILES string of the molecule is c1cc(-c2ccc3c(ccc4ccccc43)c2)cc(-c2ccc3c(ccc4ccccc43)c2)c1. The summed E-state index contributed by atoms with van der Waals surface area (Å²) in [7, 11) is 0. The topological polar surface area (TPSA) is 0 Å². The molecule has 0 heterocycles. The van der Waals surface area contributed by atoms with E-state index in [0.717, 1.165) is 0 Å². The number of hydrogen-bond donors (Lipinski definition) is 0. The Balaban J connectivity index is 1.32. The van der Waals surface area contributed by atoms with Gasteiger partial charge in [0.25, 0.3) is 0 Å². The van der Waals surface area contributed by atoms with Gasteiger partial charge >= 0.3 is 0 Å². The molecule has 0 N–H and O–H groups in total. The molecular formula is C34H22. The standard InChI is InChI=1S/C34H22/c1-3-10-31-23(6-1)12-14-29-21-27(16-18-33(29)31)25-8-5-9-26(20-25)28-17-19-34-30(22-28)15-13-24-7-2-4-11-32(24)34/h1-22H. The molecule has 0 fully saturated rings. The van der Waals surface area contributed by atoms with E-state index in [-0.39, 0.29) is 0 Å². The summed E-state index contributed by atoms with van der Waals surface area (Å²) in [5, 5.41) is 10.4. The van der Waals surface area contributed by atoms with E-state index in [1.165, 1.54) is 65.3 Å². The van der Waals surface area contributed by atoms with Gasteiger partial charge in [0, 0.05) is 0 Å². The van der Waals surface area contributed by atoms with E-state index >= 15 is 0 Å². The Morgan fingerprint density at radius 2 is 0.647 bits per heavy atom. The van der Waals surface area contributed by atoms with Crippen LogP contribution in [0.1, 0.15) is 0 Å². The van der Waals surface area contributed by atoms with Crippen molar-refractivity contribution in [3.63, 3.8) is 0 Å². The fraction of sp³-hybridized carbons (Fsp3) is 0. The van der Waals surface area contributed by atoms with Gasteiger partial charge in [-0.3, -0.25) is 0 Å². The molecule has 7 aromatic carbocycles. The maximum absolute atomic E-state index is 2.31. The van der Waals surface area contributed by atoms with Crippen molar-refractivity contribution < 1.29 is 0 Å². The highest BCUT2D eigenvalue weighted by atomic mass is 14.1. The van der Waals surface area contributed by atoms with Crippen LogP contribution in [0.5, 0.6) is 0 Å². The van der Waals surface area contributed by atoms with Crippen LogP contribution in [0, 0.1) is 0 Å². The number of rotatable bonds is 2. The average Bonchev–Trinajstić information content (AvgIpc) is 2.92. The van der Waals surface area contributed by atoms with Crippen molar-refractivity contribution in [2.45, 2.75) is 0 Å². The highest BCUT2D eigenvalue weighted by Crippen LogP contribution is 2.33. The molecule has 0 aliphatic carbocycles. The van der Waals surface area contributed by atoms with Gasteiger partial charge in [-0.25, -0.2) is 0 Å². The van der Waals surface area contributed by atoms with Crippen LogP contribution in [0.4, 0.5) is 0 Å². The Hall–Kier alpha value is -4.42. The molecule has 0 spiro atoms. The van der Waals surface area contributed by atoms with Gasteiger partial charge in [0.1, 0.15) is 0 Å². The van der Waals surface area contributed by atoms with Crippen LogP contribution < -0.4 is 0 Å². The van der Waals surface area contributed by atoms with E-state index in [4.69, 9.17) is 0 Å². The molecule has 7 aromatic rings. The van der Waals surface area contributed by atoms with Gasteiger partial charge in [-0.15, -0.1) is 0 Å². The zero-order chi connectivity index (χ0) is 22.5. The van der Waals surface area contributed by atoms with Gasteiger partial charge in [0.05, 0.1) is 0 Å². The zero-order valence-electron chi connectivity index (χ0n) is 18.7. The van der Waals surface area contributed by atoms with Crippen molar-refractivity contribution >= 4 is 43.1 Å². The van der Waals surface area contributed by atoms with Gasteiger partial charge in [-0.05, 0) is 83.5 Å². The highest BCUT2D eigenvalue weighted by Gasteiger charge is 2.07. The van der Waals surface area contributed by atoms with Crippen molar-refractivity contribution in [1.29, 1.82) is 0 Å². The van der Waals surface area contributed by atoms with Crippen LogP contribution in [-0.2, 0) is 0 Å². The van der Waals surface area contributed by atoms with Crippen molar-refractivity contribution in [3.8, 4) is 22.3 Å². The lowest BCUT2D eigenvalue weighted by Crippen LogP contribution is -1.84. The monoisotopic (exact) mass is 430 g/mol. The molecular weight excluding hydrogens is 408 g/mol. The maximum atomic E-state index is 2.31. The van der Waals surface area contributed by atoms with Crippen molar-refractivity contribution in [2.24, 2.45) is 0 Å². The second-order valence-electron chi connectivity index (χ2n) is 9.03. The second-order valence-corrected chi connectivity index (χ2v) is 9.03. The lowest BCUT2D eigenvalue weighted by molar-refractivity contribution is 1.62. The van der Waals surface area contributed by atoms with Crippen LogP contribution in [0.2, 0.25) is 0 Å². The molecule has 0 saturated carbocycles. The smallest absolute Gasteiger partial charge is 0.0105 e.